The second-order valence-electron chi connectivity index (χ2n) is 7.93. The van der Waals surface area contributed by atoms with Crippen LogP contribution < -0.4 is 10.1 Å². The number of hydrogen-bond donors (Lipinski definition) is 1. The minimum Gasteiger partial charge on any atom is -0.449 e. The van der Waals surface area contributed by atoms with Crippen molar-refractivity contribution in [2.45, 2.75) is 18.4 Å². The van der Waals surface area contributed by atoms with Crippen molar-refractivity contribution < 1.29 is 19.1 Å². The van der Waals surface area contributed by atoms with Crippen molar-refractivity contribution in [3.05, 3.63) is 101 Å². The lowest BCUT2D eigenvalue weighted by Crippen LogP contribution is -2.43. The van der Waals surface area contributed by atoms with Gasteiger partial charge in [0.1, 0.15) is 12.6 Å². The second kappa shape index (κ2) is 12.4. The Morgan fingerprint density at radius 3 is 2.26 bits per heavy atom. The van der Waals surface area contributed by atoms with Gasteiger partial charge in [-0.15, -0.1) is 11.3 Å². The number of benzene rings is 2. The Morgan fingerprint density at radius 2 is 1.54 bits per heavy atom. The van der Waals surface area contributed by atoms with E-state index in [0.717, 1.165) is 22.3 Å². The van der Waals surface area contributed by atoms with Crippen LogP contribution in [-0.4, -0.2) is 36.7 Å². The van der Waals surface area contributed by atoms with Crippen LogP contribution in [0.25, 0.3) is 11.1 Å². The predicted molar refractivity (Wildman–Crippen MR) is 143 cm³/mol. The normalized spacial score (nSPS) is 12.6. The second-order valence-corrected chi connectivity index (χ2v) is 9.82. The molecule has 2 aromatic carbocycles. The predicted octanol–water partition coefficient (Wildman–Crippen LogP) is 6.44. The molecular weight excluding hydrogens is 478 g/mol. The van der Waals surface area contributed by atoms with Crippen LogP contribution in [0.3, 0.4) is 0 Å². The number of ether oxygens (including phenoxy) is 2. The third kappa shape index (κ3) is 6.44. The molecule has 1 heterocycles. The van der Waals surface area contributed by atoms with E-state index in [-0.39, 0.29) is 12.5 Å². The summed E-state index contributed by atoms with van der Waals surface area (Å²) >= 11 is 2.90. The fraction of sp³-hybridized carbons (Fsp3) is 0.214. The molecule has 35 heavy (non-hydrogen) atoms. The van der Waals surface area contributed by atoms with Gasteiger partial charge in [0.05, 0.1) is 0 Å². The van der Waals surface area contributed by atoms with Gasteiger partial charge in [-0.25, -0.2) is 9.59 Å². The van der Waals surface area contributed by atoms with E-state index in [1.54, 1.807) is 23.9 Å². The molecule has 0 radical (unpaired) electrons. The van der Waals surface area contributed by atoms with Crippen molar-refractivity contribution in [3.8, 4) is 16.2 Å². The lowest BCUT2D eigenvalue weighted by Gasteiger charge is -2.18. The highest BCUT2D eigenvalue weighted by Crippen LogP contribution is 2.44. The molecule has 4 rings (SSSR count). The molecule has 0 fully saturated rings. The Kier molecular flexibility index (Phi) is 8.81. The molecule has 5 nitrogen and oxygen atoms in total. The molecule has 1 aromatic heterocycles. The Hall–Kier alpha value is -3.29. The van der Waals surface area contributed by atoms with Gasteiger partial charge >= 0.3 is 12.1 Å². The molecular formula is C28H27NO4S2. The summed E-state index contributed by atoms with van der Waals surface area (Å²) in [5, 5.41) is 4.99. The fourth-order valence-electron chi connectivity index (χ4n) is 4.01. The van der Waals surface area contributed by atoms with Gasteiger partial charge < -0.3 is 14.8 Å². The zero-order valence-corrected chi connectivity index (χ0v) is 21.0. The Balaban J connectivity index is 1.42. The van der Waals surface area contributed by atoms with Crippen molar-refractivity contribution >= 4 is 35.2 Å². The first-order valence-electron chi connectivity index (χ1n) is 11.4. The number of alkyl carbamates (subject to hydrolysis) is 1. The summed E-state index contributed by atoms with van der Waals surface area (Å²) in [7, 11) is 0. The van der Waals surface area contributed by atoms with Gasteiger partial charge in [0, 0.05) is 5.92 Å². The minimum atomic E-state index is -0.807. The number of thioether (sulfide) groups is 1. The third-order valence-electron chi connectivity index (χ3n) is 5.67. The summed E-state index contributed by atoms with van der Waals surface area (Å²) in [6, 6.07) is 26.6. The topological polar surface area (TPSA) is 64.6 Å². The maximum Gasteiger partial charge on any atom is 0.407 e. The monoisotopic (exact) mass is 505 g/mol. The largest absolute Gasteiger partial charge is 0.449 e. The first-order valence-corrected chi connectivity index (χ1v) is 13.6. The van der Waals surface area contributed by atoms with Gasteiger partial charge in [0.25, 0.3) is 0 Å². The van der Waals surface area contributed by atoms with Gasteiger partial charge in [-0.1, -0.05) is 78.9 Å². The number of carbonyl (C=O) groups excluding carboxylic acids is 2. The summed E-state index contributed by atoms with van der Waals surface area (Å²) < 4.78 is 11.2. The molecule has 1 N–H and O–H groups in total. The molecule has 0 saturated heterocycles. The molecule has 0 aliphatic heterocycles. The Morgan fingerprint density at radius 1 is 0.914 bits per heavy atom. The van der Waals surface area contributed by atoms with Crippen molar-refractivity contribution in [3.63, 3.8) is 0 Å². The maximum absolute atomic E-state index is 12.9. The SMILES string of the molecule is CSCC[C@@H](NC(=O)OCC1c2ccccc2-c2ccccc21)C(=O)Oc1cccccccs1. The van der Waals surface area contributed by atoms with Gasteiger partial charge in [0.15, 0.2) is 5.06 Å². The fourth-order valence-corrected chi connectivity index (χ4v) is 5.08. The molecule has 180 valence electrons. The van der Waals surface area contributed by atoms with Gasteiger partial charge in [-0.3, -0.25) is 0 Å². The average molecular weight is 506 g/mol. The molecule has 0 spiro atoms. The number of nitrogens with one attached hydrogen (secondary N) is 1. The molecule has 1 amide bonds. The zero-order chi connectivity index (χ0) is 24.5. The van der Waals surface area contributed by atoms with Crippen molar-refractivity contribution in [1.82, 2.24) is 5.32 Å². The summed E-state index contributed by atoms with van der Waals surface area (Å²) in [6.07, 6.45) is 1.76. The Labute approximate surface area is 213 Å². The molecule has 1 atom stereocenters. The molecule has 1 aliphatic rings. The minimum absolute atomic E-state index is 0.0441. The van der Waals surface area contributed by atoms with Gasteiger partial charge in [-0.2, -0.15) is 11.8 Å². The number of esters is 1. The third-order valence-corrected chi connectivity index (χ3v) is 7.06. The van der Waals surface area contributed by atoms with Crippen LogP contribution in [0.1, 0.15) is 23.5 Å². The molecule has 0 saturated carbocycles. The molecule has 1 aliphatic carbocycles. The highest BCUT2D eigenvalue weighted by Gasteiger charge is 2.30. The van der Waals surface area contributed by atoms with E-state index in [1.807, 2.05) is 60.2 Å². The van der Waals surface area contributed by atoms with Crippen molar-refractivity contribution in [2.24, 2.45) is 0 Å². The Bertz CT molecular complexity index is 1150. The summed E-state index contributed by atoms with van der Waals surface area (Å²) in [5.41, 5.74) is 4.61. The molecule has 0 unspecified atom stereocenters. The number of carbonyl (C=O) groups is 2. The van der Waals surface area contributed by atoms with Crippen LogP contribution in [0, 0.1) is 0 Å². The van der Waals surface area contributed by atoms with Crippen LogP contribution in [0.2, 0.25) is 0 Å². The average Bonchev–Trinajstić information content (AvgIpc) is 3.26. The number of hydrogen-bond acceptors (Lipinski definition) is 6. The molecule has 0 bridgehead atoms. The van der Waals surface area contributed by atoms with Gasteiger partial charge in [0.2, 0.25) is 0 Å². The van der Waals surface area contributed by atoms with Crippen molar-refractivity contribution in [1.29, 1.82) is 0 Å². The lowest BCUT2D eigenvalue weighted by molar-refractivity contribution is -0.136. The van der Waals surface area contributed by atoms with E-state index < -0.39 is 18.1 Å². The van der Waals surface area contributed by atoms with Crippen molar-refractivity contribution in [2.75, 3.05) is 18.6 Å². The summed E-state index contributed by atoms with van der Waals surface area (Å²) in [6.45, 7) is 0.188. The number of amides is 1. The first-order chi connectivity index (χ1) is 17.2. The molecule has 7 heteroatoms. The highest BCUT2D eigenvalue weighted by atomic mass is 32.2. The van der Waals surface area contributed by atoms with Crippen LogP contribution in [0.5, 0.6) is 5.06 Å². The standard InChI is InChI=1S/C28H27NO4S2/c1-34-18-16-25(27(30)33-26-15-5-3-2-4-10-17-35-26)29-28(31)32-19-24-22-13-8-6-11-20(22)21-12-7-9-14-23(21)24/h2-15,17,24-25H,16,18-19H2,1H3,(H,29,31)/t25-/m1/s1. The van der Waals surface area contributed by atoms with E-state index in [0.29, 0.717) is 17.2 Å². The number of rotatable bonds is 8. The maximum atomic E-state index is 12.9. The van der Waals surface area contributed by atoms with E-state index in [9.17, 15) is 9.59 Å². The van der Waals surface area contributed by atoms with E-state index in [2.05, 4.69) is 29.6 Å². The molecule has 3 aromatic rings. The van der Waals surface area contributed by atoms with Crippen LogP contribution in [0.15, 0.2) is 90.3 Å². The summed E-state index contributed by atoms with van der Waals surface area (Å²) in [4.78, 5) is 25.6. The zero-order valence-electron chi connectivity index (χ0n) is 19.4. The van der Waals surface area contributed by atoms with Crippen LogP contribution in [-0.2, 0) is 9.53 Å². The van der Waals surface area contributed by atoms with Crippen LogP contribution >= 0.6 is 23.1 Å². The highest BCUT2D eigenvalue weighted by molar-refractivity contribution is 7.98. The van der Waals surface area contributed by atoms with Gasteiger partial charge in [-0.05, 0) is 52.1 Å². The van der Waals surface area contributed by atoms with E-state index in [1.165, 1.54) is 11.3 Å². The quantitative estimate of drug-likeness (QED) is 0.357. The lowest BCUT2D eigenvalue weighted by atomic mass is 9.98. The summed E-state index contributed by atoms with van der Waals surface area (Å²) in [5.74, 6) is 0.136. The smallest absolute Gasteiger partial charge is 0.407 e. The van der Waals surface area contributed by atoms with E-state index >= 15 is 0 Å². The first kappa shape index (κ1) is 24.8. The van der Waals surface area contributed by atoms with E-state index in [4.69, 9.17) is 9.47 Å². The number of fused-ring (bicyclic) bond motifs is 3. The van der Waals surface area contributed by atoms with Crippen LogP contribution in [0.4, 0.5) is 4.79 Å².